The van der Waals surface area contributed by atoms with E-state index in [-0.39, 0.29) is 23.2 Å². The number of methoxy groups -OCH3 is 1. The van der Waals surface area contributed by atoms with Crippen LogP contribution in [0.3, 0.4) is 0 Å². The molecule has 0 aromatic heterocycles. The zero-order valence-electron chi connectivity index (χ0n) is 11.6. The van der Waals surface area contributed by atoms with Crippen molar-refractivity contribution in [2.75, 3.05) is 20.3 Å². The first-order valence-electron chi connectivity index (χ1n) is 6.34. The van der Waals surface area contributed by atoms with Gasteiger partial charge >= 0.3 is 5.97 Å². The third-order valence-corrected chi connectivity index (χ3v) is 3.90. The topological polar surface area (TPSA) is 105 Å². The normalized spacial score (nSPS) is 18.7. The molecule has 1 saturated heterocycles. The summed E-state index contributed by atoms with van der Waals surface area (Å²) in [5.41, 5.74) is 0.652. The zero-order chi connectivity index (χ0) is 15.5. The van der Waals surface area contributed by atoms with Crippen LogP contribution in [-0.2, 0) is 30.8 Å². The van der Waals surface area contributed by atoms with Crippen molar-refractivity contribution in [1.82, 2.24) is 0 Å². The number of nitrogens with two attached hydrogens (primary N) is 1. The van der Waals surface area contributed by atoms with Crippen molar-refractivity contribution in [1.29, 1.82) is 0 Å². The highest BCUT2D eigenvalue weighted by molar-refractivity contribution is 7.89. The molecule has 1 aliphatic rings. The van der Waals surface area contributed by atoms with Crippen LogP contribution in [0.5, 0.6) is 0 Å². The Bertz CT molecular complexity index is 622. The summed E-state index contributed by atoms with van der Waals surface area (Å²) in [5.74, 6) is -0.603. The fourth-order valence-corrected chi connectivity index (χ4v) is 2.62. The molecule has 21 heavy (non-hydrogen) atoms. The summed E-state index contributed by atoms with van der Waals surface area (Å²) in [6.45, 7) is 1.06. The van der Waals surface area contributed by atoms with Crippen molar-refractivity contribution in [2.45, 2.75) is 24.0 Å². The van der Waals surface area contributed by atoms with Crippen molar-refractivity contribution in [3.63, 3.8) is 0 Å². The molecule has 1 aliphatic heterocycles. The maximum absolute atomic E-state index is 12.1. The third kappa shape index (κ3) is 4.24. The Balaban J connectivity index is 2.28. The first kappa shape index (κ1) is 15.9. The standard InChI is InChI=1S/C13H17NO6S/c1-18-7-9-4-10(6-12(5-9)21(14,16)17)13(15)20-11-2-3-19-8-11/h4-6,11H,2-3,7-8H2,1H3,(H2,14,16,17). The number of primary sulfonamides is 1. The molecule has 0 aliphatic carbocycles. The van der Waals surface area contributed by atoms with Gasteiger partial charge in [-0.2, -0.15) is 0 Å². The lowest BCUT2D eigenvalue weighted by atomic mass is 10.1. The molecule has 1 aromatic rings. The minimum absolute atomic E-state index is 0.125. The van der Waals surface area contributed by atoms with E-state index in [1.165, 1.54) is 25.3 Å². The molecule has 0 saturated carbocycles. The average molecular weight is 315 g/mol. The summed E-state index contributed by atoms with van der Waals surface area (Å²) in [7, 11) is -2.45. The van der Waals surface area contributed by atoms with Gasteiger partial charge in [0.25, 0.3) is 0 Å². The number of sulfonamides is 1. The van der Waals surface area contributed by atoms with E-state index in [0.717, 1.165) is 0 Å². The third-order valence-electron chi connectivity index (χ3n) is 3.00. The lowest BCUT2D eigenvalue weighted by Crippen LogP contribution is -2.19. The van der Waals surface area contributed by atoms with Crippen LogP contribution in [0.15, 0.2) is 23.1 Å². The van der Waals surface area contributed by atoms with E-state index in [0.29, 0.717) is 25.2 Å². The summed E-state index contributed by atoms with van der Waals surface area (Å²) in [4.78, 5) is 11.9. The van der Waals surface area contributed by atoms with Crippen LogP contribution in [0.2, 0.25) is 0 Å². The second-order valence-corrected chi connectivity index (χ2v) is 6.30. The highest BCUT2D eigenvalue weighted by atomic mass is 32.2. The number of carbonyl (C=O) groups is 1. The molecule has 1 fully saturated rings. The van der Waals surface area contributed by atoms with Gasteiger partial charge in [0.05, 0.1) is 30.3 Å². The zero-order valence-corrected chi connectivity index (χ0v) is 12.4. The molecular weight excluding hydrogens is 298 g/mol. The van der Waals surface area contributed by atoms with Gasteiger partial charge in [-0.1, -0.05) is 0 Å². The van der Waals surface area contributed by atoms with Crippen LogP contribution < -0.4 is 5.14 Å². The van der Waals surface area contributed by atoms with Crippen LogP contribution in [0.4, 0.5) is 0 Å². The molecular formula is C13H17NO6S. The van der Waals surface area contributed by atoms with Gasteiger partial charge in [0.15, 0.2) is 0 Å². The Labute approximate surface area is 123 Å². The molecule has 1 aromatic carbocycles. The van der Waals surface area contributed by atoms with E-state index in [1.807, 2.05) is 0 Å². The number of rotatable bonds is 5. The Kier molecular flexibility index (Phi) is 4.94. The second-order valence-electron chi connectivity index (χ2n) is 4.73. The maximum Gasteiger partial charge on any atom is 0.338 e. The van der Waals surface area contributed by atoms with Crippen LogP contribution in [0, 0.1) is 0 Å². The van der Waals surface area contributed by atoms with Crippen LogP contribution in [0.1, 0.15) is 22.3 Å². The predicted octanol–water partition coefficient (Wildman–Crippen LogP) is 0.426. The monoisotopic (exact) mass is 315 g/mol. The highest BCUT2D eigenvalue weighted by Crippen LogP contribution is 2.18. The lowest BCUT2D eigenvalue weighted by molar-refractivity contribution is 0.0270. The molecule has 0 radical (unpaired) electrons. The molecule has 8 heteroatoms. The molecule has 2 rings (SSSR count). The summed E-state index contributed by atoms with van der Waals surface area (Å²) >= 11 is 0. The SMILES string of the molecule is COCc1cc(C(=O)OC2CCOC2)cc(S(N)(=O)=O)c1. The van der Waals surface area contributed by atoms with E-state index in [4.69, 9.17) is 19.3 Å². The van der Waals surface area contributed by atoms with Gasteiger partial charge in [-0.05, 0) is 23.8 Å². The summed E-state index contributed by atoms with van der Waals surface area (Å²) in [5, 5.41) is 5.11. The van der Waals surface area contributed by atoms with Gasteiger partial charge < -0.3 is 14.2 Å². The molecule has 2 N–H and O–H groups in total. The van der Waals surface area contributed by atoms with Crippen LogP contribution >= 0.6 is 0 Å². The van der Waals surface area contributed by atoms with Gasteiger partial charge in [0.1, 0.15) is 6.10 Å². The lowest BCUT2D eigenvalue weighted by Gasteiger charge is -2.12. The number of ether oxygens (including phenoxy) is 3. The number of hydrogen-bond donors (Lipinski definition) is 1. The van der Waals surface area contributed by atoms with Crippen LogP contribution in [0.25, 0.3) is 0 Å². The smallest absolute Gasteiger partial charge is 0.338 e. The Hall–Kier alpha value is -1.48. The van der Waals surface area contributed by atoms with Crippen molar-refractivity contribution in [3.05, 3.63) is 29.3 Å². The van der Waals surface area contributed by atoms with Crippen LogP contribution in [-0.4, -0.2) is 40.8 Å². The molecule has 7 nitrogen and oxygen atoms in total. The molecule has 0 bridgehead atoms. The molecule has 116 valence electrons. The number of carbonyl (C=O) groups excluding carboxylic acids is 1. The summed E-state index contributed by atoms with van der Waals surface area (Å²) in [6, 6.07) is 4.09. The van der Waals surface area contributed by atoms with E-state index < -0.39 is 16.0 Å². The van der Waals surface area contributed by atoms with Crippen molar-refractivity contribution >= 4 is 16.0 Å². The van der Waals surface area contributed by atoms with E-state index in [2.05, 4.69) is 0 Å². The Morgan fingerprint density at radius 3 is 2.76 bits per heavy atom. The fraction of sp³-hybridized carbons (Fsp3) is 0.462. The van der Waals surface area contributed by atoms with Gasteiger partial charge in [0, 0.05) is 13.5 Å². The molecule has 1 unspecified atom stereocenters. The van der Waals surface area contributed by atoms with Gasteiger partial charge in [-0.3, -0.25) is 0 Å². The quantitative estimate of drug-likeness (QED) is 0.790. The average Bonchev–Trinajstić information content (AvgIpc) is 2.90. The highest BCUT2D eigenvalue weighted by Gasteiger charge is 2.22. The number of benzene rings is 1. The van der Waals surface area contributed by atoms with Crippen molar-refractivity contribution < 1.29 is 27.4 Å². The summed E-state index contributed by atoms with van der Waals surface area (Å²) < 4.78 is 38.3. The molecule has 0 spiro atoms. The molecule has 0 amide bonds. The summed E-state index contributed by atoms with van der Waals surface area (Å²) in [6.07, 6.45) is 0.326. The largest absolute Gasteiger partial charge is 0.456 e. The van der Waals surface area contributed by atoms with Gasteiger partial charge in [0.2, 0.25) is 10.0 Å². The van der Waals surface area contributed by atoms with E-state index >= 15 is 0 Å². The predicted molar refractivity (Wildman–Crippen MR) is 73.2 cm³/mol. The van der Waals surface area contributed by atoms with Gasteiger partial charge in [-0.15, -0.1) is 0 Å². The Morgan fingerprint density at radius 2 is 2.19 bits per heavy atom. The van der Waals surface area contributed by atoms with Crippen molar-refractivity contribution in [3.8, 4) is 0 Å². The molecule has 1 atom stereocenters. The fourth-order valence-electron chi connectivity index (χ4n) is 2.02. The maximum atomic E-state index is 12.1. The Morgan fingerprint density at radius 1 is 1.43 bits per heavy atom. The van der Waals surface area contributed by atoms with Crippen molar-refractivity contribution in [2.24, 2.45) is 5.14 Å². The second kappa shape index (κ2) is 6.52. The van der Waals surface area contributed by atoms with Gasteiger partial charge in [-0.25, -0.2) is 18.4 Å². The van der Waals surface area contributed by atoms with E-state index in [1.54, 1.807) is 0 Å². The first-order chi connectivity index (χ1) is 9.90. The number of esters is 1. The minimum Gasteiger partial charge on any atom is -0.456 e. The molecule has 1 heterocycles. The number of hydrogen-bond acceptors (Lipinski definition) is 6. The van der Waals surface area contributed by atoms with E-state index in [9.17, 15) is 13.2 Å². The minimum atomic E-state index is -3.91. The first-order valence-corrected chi connectivity index (χ1v) is 7.89.